The van der Waals surface area contributed by atoms with Crippen molar-refractivity contribution in [1.82, 2.24) is 10.2 Å². The summed E-state index contributed by atoms with van der Waals surface area (Å²) in [7, 11) is -3.88. The number of nitrogens with zero attached hydrogens (tertiary/aromatic N) is 2. The van der Waals surface area contributed by atoms with Crippen molar-refractivity contribution < 1.29 is 18.0 Å². The first-order chi connectivity index (χ1) is 18.6. The standard InChI is InChI=1S/C30H35BrClN3O4S/c1-21-14-15-25(32)18-26(21)35(40(5,38)39)20-28(36)34(19-23-12-9-13-24(31)16-23)27(29(37)33-30(2,3)4)17-22-10-7-6-8-11-22/h6-16,18,27H,17,19-20H2,1-5H3,(H,33,37). The first-order valence-electron chi connectivity index (χ1n) is 12.8. The maximum atomic E-state index is 14.2. The number of aryl methyl sites for hydroxylation is 1. The van der Waals surface area contributed by atoms with E-state index in [0.717, 1.165) is 26.2 Å². The molecule has 0 aliphatic rings. The van der Waals surface area contributed by atoms with E-state index in [0.29, 0.717) is 16.3 Å². The van der Waals surface area contributed by atoms with Gasteiger partial charge in [0.25, 0.3) is 0 Å². The number of benzene rings is 3. The summed E-state index contributed by atoms with van der Waals surface area (Å²) in [5.74, 6) is -0.848. The second-order valence-electron chi connectivity index (χ2n) is 10.8. The molecular weight excluding hydrogens is 614 g/mol. The highest BCUT2D eigenvalue weighted by Gasteiger charge is 2.34. The van der Waals surface area contributed by atoms with E-state index in [1.165, 1.54) is 11.0 Å². The maximum absolute atomic E-state index is 14.2. The topological polar surface area (TPSA) is 86.8 Å². The van der Waals surface area contributed by atoms with Gasteiger partial charge in [0.05, 0.1) is 11.9 Å². The maximum Gasteiger partial charge on any atom is 0.244 e. The van der Waals surface area contributed by atoms with E-state index in [1.807, 2.05) is 75.4 Å². The van der Waals surface area contributed by atoms with E-state index >= 15 is 0 Å². The quantitative estimate of drug-likeness (QED) is 0.304. The number of carbonyl (C=O) groups excluding carboxylic acids is 2. The van der Waals surface area contributed by atoms with Crippen molar-refractivity contribution in [1.29, 1.82) is 0 Å². The lowest BCUT2D eigenvalue weighted by Gasteiger charge is -2.35. The first kappa shape index (κ1) is 31.6. The predicted molar refractivity (Wildman–Crippen MR) is 165 cm³/mol. The SMILES string of the molecule is Cc1ccc(Cl)cc1N(CC(=O)N(Cc1cccc(Br)c1)C(Cc1ccccc1)C(=O)NC(C)(C)C)S(C)(=O)=O. The summed E-state index contributed by atoms with van der Waals surface area (Å²) in [6.45, 7) is 6.97. The van der Waals surface area contributed by atoms with Gasteiger partial charge in [-0.15, -0.1) is 0 Å². The Morgan fingerprint density at radius 1 is 0.975 bits per heavy atom. The van der Waals surface area contributed by atoms with Crippen LogP contribution in [0.2, 0.25) is 5.02 Å². The van der Waals surface area contributed by atoms with Gasteiger partial charge in [-0.3, -0.25) is 13.9 Å². The highest BCUT2D eigenvalue weighted by molar-refractivity contribution is 9.10. The molecule has 0 saturated carbocycles. The zero-order valence-corrected chi connectivity index (χ0v) is 26.5. The molecule has 0 fully saturated rings. The highest BCUT2D eigenvalue weighted by atomic mass is 79.9. The number of sulfonamides is 1. The van der Waals surface area contributed by atoms with Gasteiger partial charge in [0, 0.05) is 28.0 Å². The van der Waals surface area contributed by atoms with Crippen LogP contribution in [0.15, 0.2) is 77.3 Å². The summed E-state index contributed by atoms with van der Waals surface area (Å²) in [5.41, 5.74) is 2.06. The van der Waals surface area contributed by atoms with Crippen molar-refractivity contribution in [2.45, 2.75) is 52.2 Å². The van der Waals surface area contributed by atoms with Crippen LogP contribution in [-0.2, 0) is 32.6 Å². The molecule has 1 N–H and O–H groups in total. The summed E-state index contributed by atoms with van der Waals surface area (Å²) in [4.78, 5) is 29.4. The molecule has 2 amide bonds. The van der Waals surface area contributed by atoms with Gasteiger partial charge >= 0.3 is 0 Å². The monoisotopic (exact) mass is 647 g/mol. The average molecular weight is 649 g/mol. The molecule has 7 nitrogen and oxygen atoms in total. The van der Waals surface area contributed by atoms with Crippen molar-refractivity contribution in [3.63, 3.8) is 0 Å². The predicted octanol–water partition coefficient (Wildman–Crippen LogP) is 5.73. The van der Waals surface area contributed by atoms with Crippen LogP contribution >= 0.6 is 27.5 Å². The Hall–Kier alpha value is -2.88. The lowest BCUT2D eigenvalue weighted by Crippen LogP contribution is -2.56. The molecule has 10 heteroatoms. The third-order valence-corrected chi connectivity index (χ3v) is 7.99. The Labute approximate surface area is 250 Å². The fourth-order valence-electron chi connectivity index (χ4n) is 4.28. The van der Waals surface area contributed by atoms with Crippen LogP contribution in [0, 0.1) is 6.92 Å². The van der Waals surface area contributed by atoms with Crippen LogP contribution in [0.3, 0.4) is 0 Å². The summed E-state index contributed by atoms with van der Waals surface area (Å²) in [5, 5.41) is 3.36. The second kappa shape index (κ2) is 13.2. The number of hydrogen-bond donors (Lipinski definition) is 1. The van der Waals surface area contributed by atoms with E-state index < -0.39 is 34.1 Å². The molecular formula is C30H35BrClN3O4S. The zero-order valence-electron chi connectivity index (χ0n) is 23.3. The van der Waals surface area contributed by atoms with E-state index in [-0.39, 0.29) is 18.9 Å². The zero-order chi connectivity index (χ0) is 29.7. The molecule has 3 aromatic rings. The molecule has 0 aliphatic carbocycles. The smallest absolute Gasteiger partial charge is 0.244 e. The molecule has 3 aromatic carbocycles. The number of anilines is 1. The Morgan fingerprint density at radius 3 is 2.23 bits per heavy atom. The lowest BCUT2D eigenvalue weighted by molar-refractivity contribution is -0.140. The van der Waals surface area contributed by atoms with Crippen LogP contribution in [0.1, 0.15) is 37.5 Å². The molecule has 3 rings (SSSR count). The Balaban J connectivity index is 2.10. The minimum atomic E-state index is -3.88. The minimum absolute atomic E-state index is 0.0967. The van der Waals surface area contributed by atoms with Crippen LogP contribution in [0.5, 0.6) is 0 Å². The van der Waals surface area contributed by atoms with E-state index in [4.69, 9.17) is 11.6 Å². The van der Waals surface area contributed by atoms with Gasteiger partial charge in [0.15, 0.2) is 0 Å². The third-order valence-electron chi connectivity index (χ3n) is 6.13. The van der Waals surface area contributed by atoms with Crippen molar-refractivity contribution in [2.75, 3.05) is 17.1 Å². The third kappa shape index (κ3) is 9.08. The van der Waals surface area contributed by atoms with Crippen molar-refractivity contribution in [3.8, 4) is 0 Å². The van der Waals surface area contributed by atoms with Crippen LogP contribution < -0.4 is 9.62 Å². The van der Waals surface area contributed by atoms with E-state index in [1.54, 1.807) is 19.1 Å². The van der Waals surface area contributed by atoms with E-state index in [9.17, 15) is 18.0 Å². The molecule has 40 heavy (non-hydrogen) atoms. The fourth-order valence-corrected chi connectivity index (χ4v) is 5.80. The average Bonchev–Trinajstić information content (AvgIpc) is 2.85. The minimum Gasteiger partial charge on any atom is -0.350 e. The first-order valence-corrected chi connectivity index (χ1v) is 15.8. The molecule has 0 spiro atoms. The largest absolute Gasteiger partial charge is 0.350 e. The van der Waals surface area contributed by atoms with Crippen LogP contribution in [0.4, 0.5) is 5.69 Å². The molecule has 0 bridgehead atoms. The molecule has 1 atom stereocenters. The molecule has 0 heterocycles. The second-order valence-corrected chi connectivity index (χ2v) is 14.1. The number of nitrogens with one attached hydrogen (secondary N) is 1. The normalized spacial score (nSPS) is 12.5. The molecule has 0 aliphatic heterocycles. The Bertz CT molecular complexity index is 1460. The number of hydrogen-bond acceptors (Lipinski definition) is 4. The molecule has 0 radical (unpaired) electrons. The van der Waals surface area contributed by atoms with Crippen molar-refractivity contribution >= 4 is 55.1 Å². The number of carbonyl (C=O) groups is 2. The van der Waals surface area contributed by atoms with Gasteiger partial charge in [0.2, 0.25) is 21.8 Å². The molecule has 214 valence electrons. The molecule has 0 aromatic heterocycles. The number of halogens is 2. The summed E-state index contributed by atoms with van der Waals surface area (Å²) in [6.07, 6.45) is 1.30. The van der Waals surface area contributed by atoms with Crippen molar-refractivity contribution in [2.24, 2.45) is 0 Å². The summed E-state index contributed by atoms with van der Waals surface area (Å²) < 4.78 is 27.8. The molecule has 1 unspecified atom stereocenters. The van der Waals surface area contributed by atoms with Crippen LogP contribution in [-0.4, -0.2) is 49.5 Å². The van der Waals surface area contributed by atoms with Gasteiger partial charge in [-0.05, 0) is 68.7 Å². The van der Waals surface area contributed by atoms with Gasteiger partial charge < -0.3 is 10.2 Å². The van der Waals surface area contributed by atoms with Gasteiger partial charge in [0.1, 0.15) is 12.6 Å². The van der Waals surface area contributed by atoms with Crippen molar-refractivity contribution in [3.05, 3.63) is 99.0 Å². The Morgan fingerprint density at radius 2 is 1.62 bits per heavy atom. The Kier molecular flexibility index (Phi) is 10.4. The van der Waals surface area contributed by atoms with E-state index in [2.05, 4.69) is 21.2 Å². The number of amides is 2. The highest BCUT2D eigenvalue weighted by Crippen LogP contribution is 2.27. The van der Waals surface area contributed by atoms with Gasteiger partial charge in [-0.25, -0.2) is 8.42 Å². The summed E-state index contributed by atoms with van der Waals surface area (Å²) >= 11 is 9.68. The summed E-state index contributed by atoms with van der Waals surface area (Å²) in [6, 6.07) is 20.9. The lowest BCUT2D eigenvalue weighted by atomic mass is 10.0. The number of rotatable bonds is 10. The van der Waals surface area contributed by atoms with Crippen LogP contribution in [0.25, 0.3) is 0 Å². The van der Waals surface area contributed by atoms with Gasteiger partial charge in [-0.1, -0.05) is 76.1 Å². The fraction of sp³-hybridized carbons (Fsp3) is 0.333. The van der Waals surface area contributed by atoms with Gasteiger partial charge in [-0.2, -0.15) is 0 Å². The molecule has 0 saturated heterocycles.